The van der Waals surface area contributed by atoms with E-state index in [1.807, 2.05) is 36.4 Å². The lowest BCUT2D eigenvalue weighted by atomic mass is 10.1. The van der Waals surface area contributed by atoms with Crippen molar-refractivity contribution in [3.8, 4) is 6.07 Å². The summed E-state index contributed by atoms with van der Waals surface area (Å²) in [6.45, 7) is 4.63. The number of nitrogens with one attached hydrogen (secondary N) is 1. The van der Waals surface area contributed by atoms with Gasteiger partial charge in [0, 0.05) is 38.4 Å². The Labute approximate surface area is 223 Å². The largest absolute Gasteiger partial charge is 0.467 e. The Bertz CT molecular complexity index is 1200. The maximum Gasteiger partial charge on any atom is 0.322 e. The third-order valence-corrected chi connectivity index (χ3v) is 6.44. The zero-order chi connectivity index (χ0) is 26.6. The number of anilines is 1. The van der Waals surface area contributed by atoms with Crippen molar-refractivity contribution in [3.05, 3.63) is 89.9 Å². The Hall–Kier alpha value is -4.13. The Kier molecular flexibility index (Phi) is 9.90. The minimum Gasteiger partial charge on any atom is -0.467 e. The summed E-state index contributed by atoms with van der Waals surface area (Å²) in [4.78, 5) is 32.4. The highest BCUT2D eigenvalue weighted by Gasteiger charge is 2.23. The summed E-state index contributed by atoms with van der Waals surface area (Å²) in [5.41, 5.74) is 2.09. The van der Waals surface area contributed by atoms with E-state index in [2.05, 4.69) is 16.3 Å². The third-order valence-electron chi connectivity index (χ3n) is 6.44. The Morgan fingerprint density at radius 2 is 1.79 bits per heavy atom. The molecule has 198 valence electrons. The van der Waals surface area contributed by atoms with Crippen LogP contribution in [0.15, 0.2) is 77.4 Å². The molecule has 0 bridgehead atoms. The maximum atomic E-state index is 13.6. The monoisotopic (exact) mass is 515 g/mol. The van der Waals surface area contributed by atoms with E-state index in [4.69, 9.17) is 9.15 Å². The molecule has 9 nitrogen and oxygen atoms in total. The topological polar surface area (TPSA) is 102 Å². The average Bonchev–Trinajstić information content (AvgIpc) is 3.47. The van der Waals surface area contributed by atoms with Crippen LogP contribution in [0.2, 0.25) is 0 Å². The van der Waals surface area contributed by atoms with Gasteiger partial charge in [0.15, 0.2) is 0 Å². The predicted molar refractivity (Wildman–Crippen MR) is 143 cm³/mol. The molecule has 2 aromatic carbocycles. The second kappa shape index (κ2) is 14.0. The second-order valence-electron chi connectivity index (χ2n) is 9.13. The van der Waals surface area contributed by atoms with Gasteiger partial charge in [0.05, 0.1) is 37.7 Å². The van der Waals surface area contributed by atoms with Gasteiger partial charge < -0.3 is 24.3 Å². The molecule has 0 aliphatic carbocycles. The summed E-state index contributed by atoms with van der Waals surface area (Å²) in [5.74, 6) is 0.518. The highest BCUT2D eigenvalue weighted by molar-refractivity contribution is 5.92. The van der Waals surface area contributed by atoms with Crippen molar-refractivity contribution < 1.29 is 18.7 Å². The van der Waals surface area contributed by atoms with Crippen LogP contribution in [-0.2, 0) is 22.5 Å². The van der Waals surface area contributed by atoms with Crippen molar-refractivity contribution in [3.63, 3.8) is 0 Å². The lowest BCUT2D eigenvalue weighted by Gasteiger charge is -2.31. The second-order valence-corrected chi connectivity index (χ2v) is 9.13. The Morgan fingerprint density at radius 3 is 2.53 bits per heavy atom. The van der Waals surface area contributed by atoms with Crippen molar-refractivity contribution >= 4 is 17.6 Å². The van der Waals surface area contributed by atoms with E-state index in [0.29, 0.717) is 62.8 Å². The minimum atomic E-state index is -0.386. The molecule has 3 amide bonds. The van der Waals surface area contributed by atoms with E-state index >= 15 is 0 Å². The van der Waals surface area contributed by atoms with E-state index < -0.39 is 0 Å². The van der Waals surface area contributed by atoms with Crippen LogP contribution in [0, 0.1) is 11.3 Å². The number of carbonyl (C=O) groups is 2. The lowest BCUT2D eigenvalue weighted by molar-refractivity contribution is -0.132. The zero-order valence-electron chi connectivity index (χ0n) is 21.4. The first kappa shape index (κ1) is 26.9. The van der Waals surface area contributed by atoms with Gasteiger partial charge in [-0.25, -0.2) is 4.79 Å². The molecule has 9 heteroatoms. The Balaban J connectivity index is 1.46. The molecule has 1 fully saturated rings. The molecule has 0 unspecified atom stereocenters. The number of furan rings is 1. The van der Waals surface area contributed by atoms with Gasteiger partial charge in [0.1, 0.15) is 12.3 Å². The zero-order valence-corrected chi connectivity index (χ0v) is 21.4. The van der Waals surface area contributed by atoms with Crippen molar-refractivity contribution in [1.29, 1.82) is 5.26 Å². The molecule has 1 N–H and O–H groups in total. The highest BCUT2D eigenvalue weighted by atomic mass is 16.5. The first-order valence-corrected chi connectivity index (χ1v) is 12.8. The van der Waals surface area contributed by atoms with Crippen molar-refractivity contribution in [2.75, 3.05) is 57.8 Å². The van der Waals surface area contributed by atoms with E-state index in [1.54, 1.807) is 41.5 Å². The van der Waals surface area contributed by atoms with Crippen molar-refractivity contribution in [2.45, 2.75) is 13.0 Å². The number of amides is 3. The van der Waals surface area contributed by atoms with Crippen LogP contribution < -0.4 is 5.32 Å². The van der Waals surface area contributed by atoms with Crippen LogP contribution in [0.3, 0.4) is 0 Å². The number of benzene rings is 2. The molecule has 1 aliphatic rings. The van der Waals surface area contributed by atoms with E-state index in [-0.39, 0.29) is 18.5 Å². The molecule has 3 aromatic rings. The van der Waals surface area contributed by atoms with Crippen molar-refractivity contribution in [1.82, 2.24) is 14.7 Å². The summed E-state index contributed by atoms with van der Waals surface area (Å²) >= 11 is 0. The van der Waals surface area contributed by atoms with Gasteiger partial charge in [0.2, 0.25) is 5.91 Å². The molecule has 2 heterocycles. The number of rotatable bonds is 11. The SMILES string of the molecule is N#Cc1cccc(NC(=O)N(CCN2CCOCC2)CC(=O)N(CCc2ccccc2)Cc2ccco2)c1. The van der Waals surface area contributed by atoms with E-state index in [1.165, 1.54) is 4.90 Å². The number of urea groups is 1. The van der Waals surface area contributed by atoms with Gasteiger partial charge in [-0.05, 0) is 42.3 Å². The fourth-order valence-corrected chi connectivity index (χ4v) is 4.26. The molecule has 0 atom stereocenters. The van der Waals surface area contributed by atoms with Gasteiger partial charge in [-0.2, -0.15) is 5.26 Å². The van der Waals surface area contributed by atoms with Crippen LogP contribution >= 0.6 is 0 Å². The van der Waals surface area contributed by atoms with Crippen LogP contribution in [0.5, 0.6) is 0 Å². The quantitative estimate of drug-likeness (QED) is 0.419. The van der Waals surface area contributed by atoms with Gasteiger partial charge in [0.25, 0.3) is 0 Å². The molecule has 0 spiro atoms. The molecule has 1 aliphatic heterocycles. The molecule has 0 saturated carbocycles. The van der Waals surface area contributed by atoms with Crippen molar-refractivity contribution in [2.24, 2.45) is 0 Å². The van der Waals surface area contributed by atoms with Gasteiger partial charge in [-0.1, -0.05) is 36.4 Å². The number of carbonyl (C=O) groups excluding carboxylic acids is 2. The fourth-order valence-electron chi connectivity index (χ4n) is 4.26. The van der Waals surface area contributed by atoms with E-state index in [9.17, 15) is 14.9 Å². The summed E-state index contributed by atoms with van der Waals surface area (Å²) in [7, 11) is 0. The summed E-state index contributed by atoms with van der Waals surface area (Å²) in [6.07, 6.45) is 2.28. The van der Waals surface area contributed by atoms with Gasteiger partial charge in [-0.15, -0.1) is 0 Å². The number of morpholine rings is 1. The van der Waals surface area contributed by atoms with Gasteiger partial charge >= 0.3 is 6.03 Å². The lowest BCUT2D eigenvalue weighted by Crippen LogP contribution is -2.48. The van der Waals surface area contributed by atoms with Crippen LogP contribution in [0.25, 0.3) is 0 Å². The molecule has 4 rings (SSSR count). The van der Waals surface area contributed by atoms with Crippen LogP contribution in [0.1, 0.15) is 16.9 Å². The number of hydrogen-bond acceptors (Lipinski definition) is 6. The smallest absolute Gasteiger partial charge is 0.322 e. The minimum absolute atomic E-state index is 0.0797. The molecule has 0 radical (unpaired) electrons. The molecule has 38 heavy (non-hydrogen) atoms. The standard InChI is InChI=1S/C29H33N5O4/c30-21-25-8-4-9-26(20-25)31-29(36)34(14-13-32-15-18-37-19-16-32)23-28(35)33(22-27-10-5-17-38-27)12-11-24-6-2-1-3-7-24/h1-10,17,20H,11-16,18-19,22-23H2,(H,31,36). The summed E-state index contributed by atoms with van der Waals surface area (Å²) < 4.78 is 10.9. The fraction of sp³-hybridized carbons (Fsp3) is 0.345. The van der Waals surface area contributed by atoms with Crippen LogP contribution in [0.4, 0.5) is 10.5 Å². The highest BCUT2D eigenvalue weighted by Crippen LogP contribution is 2.13. The molecule has 1 saturated heterocycles. The van der Waals surface area contributed by atoms with Gasteiger partial charge in [-0.3, -0.25) is 9.69 Å². The van der Waals surface area contributed by atoms with Crippen LogP contribution in [-0.4, -0.2) is 79.1 Å². The molecular formula is C29H33N5O4. The number of nitriles is 1. The molecular weight excluding hydrogens is 482 g/mol. The predicted octanol–water partition coefficient (Wildman–Crippen LogP) is 3.59. The summed E-state index contributed by atoms with van der Waals surface area (Å²) in [5, 5.41) is 12.1. The number of ether oxygens (including phenoxy) is 1. The maximum absolute atomic E-state index is 13.6. The third kappa shape index (κ3) is 8.20. The molecule has 1 aromatic heterocycles. The first-order chi connectivity index (χ1) is 18.6. The number of nitrogens with zero attached hydrogens (tertiary/aromatic N) is 4. The number of hydrogen-bond donors (Lipinski definition) is 1. The van der Waals surface area contributed by atoms with E-state index in [0.717, 1.165) is 18.7 Å². The normalized spacial score (nSPS) is 13.4. The Morgan fingerprint density at radius 1 is 0.974 bits per heavy atom. The first-order valence-electron chi connectivity index (χ1n) is 12.8. The summed E-state index contributed by atoms with van der Waals surface area (Å²) in [6, 6.07) is 22.1. The average molecular weight is 516 g/mol.